The third-order valence-corrected chi connectivity index (χ3v) is 8.09. The average Bonchev–Trinajstić information content (AvgIpc) is 3.44. The van der Waals surface area contributed by atoms with E-state index in [0.29, 0.717) is 39.1 Å². The molecule has 0 bridgehead atoms. The van der Waals surface area contributed by atoms with E-state index in [0.717, 1.165) is 48.2 Å². The molecule has 3 aromatic rings. The summed E-state index contributed by atoms with van der Waals surface area (Å²) < 4.78 is 8.05. The number of nitrogens with zero attached hydrogens (tertiary/aromatic N) is 3. The predicted molar refractivity (Wildman–Crippen MR) is 158 cm³/mol. The third-order valence-electron chi connectivity index (χ3n) is 6.41. The first-order chi connectivity index (χ1) is 17.9. The Hall–Kier alpha value is -2.61. The molecule has 5 nitrogen and oxygen atoms in total. The number of rotatable bonds is 11. The standard InChI is InChI=1S/C29H32ClN3O2S2/c1-4-7-11-20(5-2)18-32-28(34)26(37-29(32)36)17-22-19-33(23-12-9-8-10-13-23)31-27(22)21-14-15-25(35-6-3)24(30)16-21/h8-10,12-17,19-20H,4-7,11,18H2,1-3H3/b26-17+. The molecule has 2 aromatic carbocycles. The fourth-order valence-electron chi connectivity index (χ4n) is 4.33. The van der Waals surface area contributed by atoms with Crippen molar-refractivity contribution in [3.05, 3.63) is 70.2 Å². The first-order valence-electron chi connectivity index (χ1n) is 12.8. The van der Waals surface area contributed by atoms with Gasteiger partial charge >= 0.3 is 0 Å². The number of halogens is 1. The molecule has 1 fully saturated rings. The second kappa shape index (κ2) is 12.8. The van der Waals surface area contributed by atoms with E-state index < -0.39 is 0 Å². The number of aromatic nitrogens is 2. The second-order valence-corrected chi connectivity index (χ2v) is 11.1. The molecule has 0 spiro atoms. The SMILES string of the molecule is CCCCC(CC)CN1C(=O)/C(=C\c2cn(-c3ccccc3)nc2-c2ccc(OCC)c(Cl)c2)SC1=S. The maximum Gasteiger partial charge on any atom is 0.266 e. The fourth-order valence-corrected chi connectivity index (χ4v) is 5.83. The van der Waals surface area contributed by atoms with Crippen molar-refractivity contribution in [2.75, 3.05) is 13.2 Å². The van der Waals surface area contributed by atoms with Crippen LogP contribution in [0.1, 0.15) is 52.0 Å². The molecule has 1 amide bonds. The van der Waals surface area contributed by atoms with Gasteiger partial charge in [-0.3, -0.25) is 9.69 Å². The van der Waals surface area contributed by atoms with Crippen LogP contribution >= 0.6 is 35.6 Å². The van der Waals surface area contributed by atoms with Crippen LogP contribution in [0.15, 0.2) is 59.6 Å². The minimum atomic E-state index is -0.0342. The van der Waals surface area contributed by atoms with Crippen LogP contribution in [0.25, 0.3) is 23.0 Å². The molecule has 0 saturated carbocycles. The van der Waals surface area contributed by atoms with Crippen LogP contribution in [0.3, 0.4) is 0 Å². The number of carbonyl (C=O) groups excluding carboxylic acids is 1. The van der Waals surface area contributed by atoms with Gasteiger partial charge in [0.05, 0.1) is 22.2 Å². The van der Waals surface area contributed by atoms with Crippen LogP contribution in [0, 0.1) is 5.92 Å². The van der Waals surface area contributed by atoms with Crippen molar-refractivity contribution in [2.24, 2.45) is 5.92 Å². The molecular formula is C29H32ClN3O2S2. The summed E-state index contributed by atoms with van der Waals surface area (Å²) in [6.45, 7) is 7.50. The molecule has 1 aromatic heterocycles. The molecule has 1 unspecified atom stereocenters. The lowest BCUT2D eigenvalue weighted by Crippen LogP contribution is -2.33. The van der Waals surface area contributed by atoms with Crippen molar-refractivity contribution in [3.8, 4) is 22.7 Å². The van der Waals surface area contributed by atoms with Crippen molar-refractivity contribution in [3.63, 3.8) is 0 Å². The lowest BCUT2D eigenvalue weighted by Gasteiger charge is -2.21. The average molecular weight is 554 g/mol. The zero-order valence-electron chi connectivity index (χ0n) is 21.4. The van der Waals surface area contributed by atoms with E-state index in [1.807, 2.05) is 72.4 Å². The molecule has 1 aliphatic heterocycles. The van der Waals surface area contributed by atoms with Gasteiger partial charge in [0.25, 0.3) is 5.91 Å². The van der Waals surface area contributed by atoms with E-state index >= 15 is 0 Å². The zero-order chi connectivity index (χ0) is 26.4. The number of para-hydroxylation sites is 1. The summed E-state index contributed by atoms with van der Waals surface area (Å²) >= 11 is 13.5. The Balaban J connectivity index is 1.70. The number of hydrogen-bond donors (Lipinski definition) is 0. The maximum atomic E-state index is 13.4. The summed E-state index contributed by atoms with van der Waals surface area (Å²) in [6, 6.07) is 15.5. The molecule has 37 heavy (non-hydrogen) atoms. The van der Waals surface area contributed by atoms with Crippen molar-refractivity contribution in [2.45, 2.75) is 46.5 Å². The molecule has 2 heterocycles. The van der Waals surface area contributed by atoms with Gasteiger partial charge in [0.1, 0.15) is 15.8 Å². The van der Waals surface area contributed by atoms with Gasteiger partial charge in [0.2, 0.25) is 0 Å². The normalized spacial score (nSPS) is 15.6. The molecule has 1 saturated heterocycles. The van der Waals surface area contributed by atoms with E-state index in [9.17, 15) is 4.79 Å². The van der Waals surface area contributed by atoms with Gasteiger partial charge in [-0.15, -0.1) is 0 Å². The second-order valence-electron chi connectivity index (χ2n) is 9.00. The zero-order valence-corrected chi connectivity index (χ0v) is 23.8. The van der Waals surface area contributed by atoms with Crippen LogP contribution in [0.5, 0.6) is 5.75 Å². The number of unbranched alkanes of at least 4 members (excludes halogenated alkanes) is 1. The van der Waals surface area contributed by atoms with E-state index in [2.05, 4.69) is 13.8 Å². The van der Waals surface area contributed by atoms with Crippen molar-refractivity contribution < 1.29 is 9.53 Å². The summed E-state index contributed by atoms with van der Waals surface area (Å²) in [7, 11) is 0. The first kappa shape index (κ1) is 27.4. The van der Waals surface area contributed by atoms with E-state index in [1.165, 1.54) is 11.8 Å². The van der Waals surface area contributed by atoms with Gasteiger partial charge in [-0.25, -0.2) is 4.68 Å². The number of carbonyl (C=O) groups is 1. The molecule has 4 rings (SSSR count). The van der Waals surface area contributed by atoms with Gasteiger partial charge in [0.15, 0.2) is 0 Å². The fraction of sp³-hybridized carbons (Fsp3) is 0.345. The number of hydrogen-bond acceptors (Lipinski definition) is 5. The largest absolute Gasteiger partial charge is 0.492 e. The van der Waals surface area contributed by atoms with Crippen molar-refractivity contribution in [1.82, 2.24) is 14.7 Å². The van der Waals surface area contributed by atoms with Crippen LogP contribution in [0.4, 0.5) is 0 Å². The molecular weight excluding hydrogens is 522 g/mol. The van der Waals surface area contributed by atoms with Crippen LogP contribution in [-0.4, -0.2) is 38.1 Å². The van der Waals surface area contributed by atoms with E-state index in [4.69, 9.17) is 33.7 Å². The molecule has 0 aliphatic carbocycles. The maximum absolute atomic E-state index is 13.4. The highest BCUT2D eigenvalue weighted by Crippen LogP contribution is 2.37. The minimum absolute atomic E-state index is 0.0342. The van der Waals surface area contributed by atoms with Gasteiger partial charge in [-0.1, -0.05) is 86.9 Å². The van der Waals surface area contributed by atoms with Crippen molar-refractivity contribution >= 4 is 51.9 Å². The lowest BCUT2D eigenvalue weighted by atomic mass is 9.99. The van der Waals surface area contributed by atoms with Gasteiger partial charge in [0, 0.05) is 23.9 Å². The molecule has 0 N–H and O–H groups in total. The Morgan fingerprint density at radius 1 is 1.16 bits per heavy atom. The van der Waals surface area contributed by atoms with Crippen molar-refractivity contribution in [1.29, 1.82) is 0 Å². The van der Waals surface area contributed by atoms with Gasteiger partial charge < -0.3 is 4.74 Å². The highest BCUT2D eigenvalue weighted by Gasteiger charge is 2.33. The molecule has 194 valence electrons. The highest BCUT2D eigenvalue weighted by molar-refractivity contribution is 8.26. The smallest absolute Gasteiger partial charge is 0.266 e. The number of amides is 1. The minimum Gasteiger partial charge on any atom is -0.492 e. The molecule has 8 heteroatoms. The van der Waals surface area contributed by atoms with Crippen LogP contribution < -0.4 is 4.74 Å². The Morgan fingerprint density at radius 2 is 1.95 bits per heavy atom. The first-order valence-corrected chi connectivity index (χ1v) is 14.4. The molecule has 1 atom stereocenters. The quantitative estimate of drug-likeness (QED) is 0.178. The summed E-state index contributed by atoms with van der Waals surface area (Å²) in [6.07, 6.45) is 8.29. The Kier molecular flexibility index (Phi) is 9.46. The van der Waals surface area contributed by atoms with E-state index in [1.54, 1.807) is 4.90 Å². The number of thiocarbonyl (C=S) groups is 1. The summed E-state index contributed by atoms with van der Waals surface area (Å²) in [4.78, 5) is 15.8. The lowest BCUT2D eigenvalue weighted by molar-refractivity contribution is -0.122. The van der Waals surface area contributed by atoms with Gasteiger partial charge in [-0.05, 0) is 55.7 Å². The highest BCUT2D eigenvalue weighted by atomic mass is 35.5. The predicted octanol–water partition coefficient (Wildman–Crippen LogP) is 8.01. The molecule has 0 radical (unpaired) electrons. The Labute approximate surface area is 233 Å². The monoisotopic (exact) mass is 553 g/mol. The summed E-state index contributed by atoms with van der Waals surface area (Å²) in [5.74, 6) is 1.05. The van der Waals surface area contributed by atoms with Gasteiger partial charge in [-0.2, -0.15) is 5.10 Å². The molecule has 1 aliphatic rings. The number of ether oxygens (including phenoxy) is 1. The Morgan fingerprint density at radius 3 is 2.62 bits per heavy atom. The number of benzene rings is 2. The van der Waals surface area contributed by atoms with Crippen LogP contribution in [0.2, 0.25) is 5.02 Å². The van der Waals surface area contributed by atoms with Crippen LogP contribution in [-0.2, 0) is 4.79 Å². The topological polar surface area (TPSA) is 47.4 Å². The number of thioether (sulfide) groups is 1. The van der Waals surface area contributed by atoms with E-state index in [-0.39, 0.29) is 5.91 Å². The summed E-state index contributed by atoms with van der Waals surface area (Å²) in [5, 5.41) is 5.39. The summed E-state index contributed by atoms with van der Waals surface area (Å²) in [5.41, 5.74) is 3.32. The Bertz CT molecular complexity index is 1290. The third kappa shape index (κ3) is 6.46.